The van der Waals surface area contributed by atoms with E-state index in [9.17, 15) is 8.42 Å². The van der Waals surface area contributed by atoms with Crippen LogP contribution in [0.15, 0.2) is 53.4 Å². The monoisotopic (exact) mass is 372 g/mol. The number of likely N-dealkylation sites (N-methyl/N-ethyl adjacent to an activating group) is 1. The molecule has 2 aliphatic rings. The van der Waals surface area contributed by atoms with Crippen molar-refractivity contribution in [1.82, 2.24) is 4.31 Å². The topological polar surface area (TPSA) is 49.9 Å². The summed E-state index contributed by atoms with van der Waals surface area (Å²) in [5.41, 5.74) is 2.15. The molecule has 2 aliphatic heterocycles. The van der Waals surface area contributed by atoms with E-state index in [0.29, 0.717) is 18.8 Å². The lowest BCUT2D eigenvalue weighted by atomic mass is 10.1. The molecular weight excluding hydrogens is 348 g/mol. The normalized spacial score (nSPS) is 22.5. The lowest BCUT2D eigenvalue weighted by Crippen LogP contribution is -2.40. The third-order valence-corrected chi connectivity index (χ3v) is 7.26. The number of anilines is 1. The molecule has 1 fully saturated rings. The van der Waals surface area contributed by atoms with E-state index in [4.69, 9.17) is 4.74 Å². The minimum absolute atomic E-state index is 0.231. The molecule has 26 heavy (non-hydrogen) atoms. The van der Waals surface area contributed by atoms with Gasteiger partial charge in [-0.2, -0.15) is 4.31 Å². The van der Waals surface area contributed by atoms with Crippen LogP contribution in [0.3, 0.4) is 0 Å². The lowest BCUT2D eigenvalue weighted by Gasteiger charge is -2.24. The van der Waals surface area contributed by atoms with Gasteiger partial charge < -0.3 is 9.64 Å². The second kappa shape index (κ2) is 6.93. The summed E-state index contributed by atoms with van der Waals surface area (Å²) in [7, 11) is -1.93. The molecule has 2 aromatic carbocycles. The maximum absolute atomic E-state index is 13.1. The Labute approximate surface area is 155 Å². The molecule has 2 heterocycles. The largest absolute Gasteiger partial charge is 0.490 e. The van der Waals surface area contributed by atoms with E-state index in [2.05, 4.69) is 4.90 Å². The van der Waals surface area contributed by atoms with E-state index in [-0.39, 0.29) is 10.9 Å². The van der Waals surface area contributed by atoms with Crippen molar-refractivity contribution in [3.8, 4) is 5.75 Å². The van der Waals surface area contributed by atoms with Gasteiger partial charge in [0.2, 0.25) is 10.0 Å². The SMILES string of the molecule is CN1[C@H](Cc2ccccc2)COc2cc(N3CCCC3)ccc2S1(=O)=O. The third-order valence-electron chi connectivity index (χ3n) is 5.32. The molecule has 5 nitrogen and oxygen atoms in total. The average molecular weight is 372 g/mol. The van der Waals surface area contributed by atoms with Gasteiger partial charge in [-0.15, -0.1) is 0 Å². The molecule has 6 heteroatoms. The Hall–Kier alpha value is -2.05. The molecule has 0 unspecified atom stereocenters. The molecule has 0 bridgehead atoms. The molecule has 0 spiro atoms. The van der Waals surface area contributed by atoms with Crippen LogP contribution in [0.5, 0.6) is 5.75 Å². The van der Waals surface area contributed by atoms with E-state index in [1.165, 1.54) is 17.1 Å². The molecule has 138 valence electrons. The van der Waals surface area contributed by atoms with Crippen molar-refractivity contribution in [2.75, 3.05) is 31.6 Å². The van der Waals surface area contributed by atoms with Gasteiger partial charge >= 0.3 is 0 Å². The number of benzene rings is 2. The van der Waals surface area contributed by atoms with Gasteiger partial charge in [0.15, 0.2) is 0 Å². The fourth-order valence-electron chi connectivity index (χ4n) is 3.71. The molecule has 2 aromatic rings. The zero-order valence-corrected chi connectivity index (χ0v) is 15.8. The van der Waals surface area contributed by atoms with Crippen LogP contribution in [0.4, 0.5) is 5.69 Å². The summed E-state index contributed by atoms with van der Waals surface area (Å²) in [6.45, 7) is 2.38. The van der Waals surface area contributed by atoms with Gasteiger partial charge in [0.1, 0.15) is 17.3 Å². The number of fused-ring (bicyclic) bond motifs is 1. The van der Waals surface area contributed by atoms with Gasteiger partial charge in [-0.1, -0.05) is 30.3 Å². The highest BCUT2D eigenvalue weighted by molar-refractivity contribution is 7.89. The molecule has 4 rings (SSSR count). The van der Waals surface area contributed by atoms with Gasteiger partial charge in [0.25, 0.3) is 0 Å². The van der Waals surface area contributed by atoms with Crippen LogP contribution in [-0.4, -0.2) is 45.5 Å². The zero-order chi connectivity index (χ0) is 18.1. The number of hydrogen-bond acceptors (Lipinski definition) is 4. The van der Waals surface area contributed by atoms with Gasteiger partial charge in [-0.3, -0.25) is 0 Å². The van der Waals surface area contributed by atoms with Crippen LogP contribution in [-0.2, 0) is 16.4 Å². The van der Waals surface area contributed by atoms with Crippen molar-refractivity contribution in [3.05, 3.63) is 54.1 Å². The Kier molecular flexibility index (Phi) is 4.63. The summed E-state index contributed by atoms with van der Waals surface area (Å²) in [5, 5.41) is 0. The number of rotatable bonds is 3. The van der Waals surface area contributed by atoms with Crippen molar-refractivity contribution in [2.45, 2.75) is 30.2 Å². The quantitative estimate of drug-likeness (QED) is 0.831. The van der Waals surface area contributed by atoms with Gasteiger partial charge in [0, 0.05) is 31.9 Å². The van der Waals surface area contributed by atoms with Crippen LogP contribution in [0.1, 0.15) is 18.4 Å². The van der Waals surface area contributed by atoms with Crippen molar-refractivity contribution >= 4 is 15.7 Å². The van der Waals surface area contributed by atoms with Crippen LogP contribution in [0.25, 0.3) is 0 Å². The molecule has 0 aliphatic carbocycles. The van der Waals surface area contributed by atoms with E-state index in [0.717, 1.165) is 24.3 Å². The fraction of sp³-hybridized carbons (Fsp3) is 0.400. The molecule has 1 saturated heterocycles. The highest BCUT2D eigenvalue weighted by Crippen LogP contribution is 2.35. The number of ether oxygens (including phenoxy) is 1. The van der Waals surface area contributed by atoms with E-state index < -0.39 is 10.0 Å². The first kappa shape index (κ1) is 17.4. The predicted molar refractivity (Wildman–Crippen MR) is 102 cm³/mol. The second-order valence-electron chi connectivity index (χ2n) is 7.00. The number of hydrogen-bond donors (Lipinski definition) is 0. The minimum atomic E-state index is -3.58. The summed E-state index contributed by atoms with van der Waals surface area (Å²) < 4.78 is 33.6. The summed E-state index contributed by atoms with van der Waals surface area (Å²) in [4.78, 5) is 2.55. The zero-order valence-electron chi connectivity index (χ0n) is 15.0. The van der Waals surface area contributed by atoms with Crippen LogP contribution in [0.2, 0.25) is 0 Å². The Balaban J connectivity index is 1.64. The number of nitrogens with zero attached hydrogens (tertiary/aromatic N) is 2. The second-order valence-corrected chi connectivity index (χ2v) is 8.97. The fourth-order valence-corrected chi connectivity index (χ4v) is 5.16. The maximum Gasteiger partial charge on any atom is 0.246 e. The Morgan fingerprint density at radius 3 is 2.54 bits per heavy atom. The molecule has 0 radical (unpaired) electrons. The minimum Gasteiger partial charge on any atom is -0.490 e. The first-order chi connectivity index (χ1) is 12.6. The molecule has 1 atom stereocenters. The summed E-state index contributed by atoms with van der Waals surface area (Å²) in [5.74, 6) is 0.469. The van der Waals surface area contributed by atoms with E-state index >= 15 is 0 Å². The Bertz CT molecular complexity index is 877. The molecular formula is C20H24N2O3S. The highest BCUT2D eigenvalue weighted by Gasteiger charge is 2.34. The summed E-state index contributed by atoms with van der Waals surface area (Å²) in [6, 6.07) is 15.2. The standard InChI is InChI=1S/C20H24N2O3S/c1-21-18(13-16-7-3-2-4-8-16)15-25-19-14-17(22-11-5-6-12-22)9-10-20(19)26(21,23)24/h2-4,7-10,14,18H,5-6,11-13,15H2,1H3/t18-/m1/s1. The number of sulfonamides is 1. The molecule has 0 amide bonds. The van der Waals surface area contributed by atoms with Gasteiger partial charge in [-0.25, -0.2) is 8.42 Å². The molecule has 0 N–H and O–H groups in total. The smallest absolute Gasteiger partial charge is 0.246 e. The van der Waals surface area contributed by atoms with Gasteiger partial charge in [0.05, 0.1) is 6.04 Å². The average Bonchev–Trinajstić information content (AvgIpc) is 3.17. The van der Waals surface area contributed by atoms with Crippen LogP contribution in [0, 0.1) is 0 Å². The maximum atomic E-state index is 13.1. The van der Waals surface area contributed by atoms with Crippen LogP contribution >= 0.6 is 0 Å². The van der Waals surface area contributed by atoms with Crippen molar-refractivity contribution < 1.29 is 13.2 Å². The third kappa shape index (κ3) is 3.19. The molecule has 0 saturated carbocycles. The summed E-state index contributed by atoms with van der Waals surface area (Å²) >= 11 is 0. The lowest BCUT2D eigenvalue weighted by molar-refractivity contribution is 0.228. The molecule has 0 aromatic heterocycles. The van der Waals surface area contributed by atoms with E-state index in [1.807, 2.05) is 42.5 Å². The Morgan fingerprint density at radius 2 is 1.81 bits per heavy atom. The Morgan fingerprint density at radius 1 is 1.08 bits per heavy atom. The predicted octanol–water partition coefficient (Wildman–Crippen LogP) is 2.91. The van der Waals surface area contributed by atoms with E-state index in [1.54, 1.807) is 13.1 Å². The van der Waals surface area contributed by atoms with Crippen LogP contribution < -0.4 is 9.64 Å². The van der Waals surface area contributed by atoms with Crippen molar-refractivity contribution in [3.63, 3.8) is 0 Å². The first-order valence-electron chi connectivity index (χ1n) is 9.09. The van der Waals surface area contributed by atoms with Crippen molar-refractivity contribution in [1.29, 1.82) is 0 Å². The first-order valence-corrected chi connectivity index (χ1v) is 10.5. The summed E-state index contributed by atoms with van der Waals surface area (Å²) in [6.07, 6.45) is 2.99. The van der Waals surface area contributed by atoms with Crippen molar-refractivity contribution in [2.24, 2.45) is 0 Å². The van der Waals surface area contributed by atoms with Gasteiger partial charge in [-0.05, 0) is 37.0 Å². The highest BCUT2D eigenvalue weighted by atomic mass is 32.2.